The zero-order chi connectivity index (χ0) is 15.3. The van der Waals surface area contributed by atoms with Crippen molar-refractivity contribution in [1.29, 1.82) is 0 Å². The number of nitrogens with one attached hydrogen (secondary N) is 1. The summed E-state index contributed by atoms with van der Waals surface area (Å²) in [6, 6.07) is 2.91. The van der Waals surface area contributed by atoms with Gasteiger partial charge in [0.1, 0.15) is 6.04 Å². The number of amides is 1. The molecule has 1 unspecified atom stereocenters. The van der Waals surface area contributed by atoms with Crippen LogP contribution in [0.1, 0.15) is 23.2 Å². The highest BCUT2D eigenvalue weighted by atomic mass is 35.5. The number of halogens is 1. The lowest BCUT2D eigenvalue weighted by Gasteiger charge is -2.08. The van der Waals surface area contributed by atoms with Crippen molar-refractivity contribution in [3.05, 3.63) is 28.8 Å². The summed E-state index contributed by atoms with van der Waals surface area (Å²) in [6.07, 6.45) is -0.0982. The Morgan fingerprint density at radius 2 is 1.95 bits per heavy atom. The van der Waals surface area contributed by atoms with E-state index in [1.807, 2.05) is 0 Å². The van der Waals surface area contributed by atoms with E-state index in [9.17, 15) is 14.4 Å². The van der Waals surface area contributed by atoms with Gasteiger partial charge in [-0.3, -0.25) is 9.59 Å². The average Bonchev–Trinajstić information content (AvgIpc) is 2.37. The van der Waals surface area contributed by atoms with Crippen molar-refractivity contribution >= 4 is 35.1 Å². The summed E-state index contributed by atoms with van der Waals surface area (Å²) >= 11 is 5.69. The minimum atomic E-state index is -1.21. The molecule has 1 rings (SSSR count). The molecule has 1 aromatic rings. The van der Waals surface area contributed by atoms with Gasteiger partial charge in [0.15, 0.2) is 0 Å². The van der Waals surface area contributed by atoms with E-state index in [2.05, 4.69) is 5.32 Å². The fourth-order valence-electron chi connectivity index (χ4n) is 1.40. The number of aromatic carboxylic acids is 1. The second-order valence-electron chi connectivity index (χ2n) is 4.03. The number of anilines is 1. The van der Waals surface area contributed by atoms with Crippen LogP contribution in [0.5, 0.6) is 0 Å². The first kappa shape index (κ1) is 15.9. The van der Waals surface area contributed by atoms with E-state index in [0.717, 1.165) is 0 Å². The number of carboxylic acid groups (broad SMARTS) is 2. The molecule has 5 N–H and O–H groups in total. The van der Waals surface area contributed by atoms with Gasteiger partial charge in [0.2, 0.25) is 5.91 Å². The Kier molecular flexibility index (Phi) is 5.48. The lowest BCUT2D eigenvalue weighted by atomic mass is 10.1. The lowest BCUT2D eigenvalue weighted by molar-refractivity contribution is -0.138. The van der Waals surface area contributed by atoms with Gasteiger partial charge in [0.05, 0.1) is 10.6 Å². The molecule has 8 heteroatoms. The summed E-state index contributed by atoms with van der Waals surface area (Å²) in [6.45, 7) is 0. The normalized spacial score (nSPS) is 11.7. The van der Waals surface area contributed by atoms with E-state index in [0.29, 0.717) is 0 Å². The summed E-state index contributed by atoms with van der Waals surface area (Å²) in [5, 5.41) is 20.0. The van der Waals surface area contributed by atoms with Gasteiger partial charge in [-0.15, -0.1) is 0 Å². The Balaban J connectivity index is 2.65. The Morgan fingerprint density at radius 3 is 2.50 bits per heavy atom. The number of carbonyl (C=O) groups excluding carboxylic acids is 1. The molecule has 0 saturated heterocycles. The monoisotopic (exact) mass is 300 g/mol. The highest BCUT2D eigenvalue weighted by Gasteiger charge is 2.14. The topological polar surface area (TPSA) is 130 Å². The molecule has 0 saturated carbocycles. The van der Waals surface area contributed by atoms with E-state index >= 15 is 0 Å². The summed E-state index contributed by atoms with van der Waals surface area (Å²) in [4.78, 5) is 32.9. The Morgan fingerprint density at radius 1 is 1.30 bits per heavy atom. The smallest absolute Gasteiger partial charge is 0.337 e. The van der Waals surface area contributed by atoms with E-state index < -0.39 is 23.9 Å². The second-order valence-corrected chi connectivity index (χ2v) is 4.44. The molecule has 0 aromatic heterocycles. The molecule has 0 bridgehead atoms. The number of carboxylic acids is 2. The molecule has 1 aromatic carbocycles. The van der Waals surface area contributed by atoms with Crippen LogP contribution in [-0.4, -0.2) is 34.1 Å². The van der Waals surface area contributed by atoms with Crippen LogP contribution in [0, 0.1) is 0 Å². The predicted octanol–water partition coefficient (Wildman–Crippen LogP) is 1.17. The van der Waals surface area contributed by atoms with Crippen LogP contribution in [0.2, 0.25) is 5.02 Å². The number of nitrogens with two attached hydrogens (primary N) is 1. The van der Waals surface area contributed by atoms with Gasteiger partial charge in [-0.2, -0.15) is 0 Å². The van der Waals surface area contributed by atoms with Crippen LogP contribution >= 0.6 is 11.6 Å². The standard InChI is InChI=1S/C12H13ClN2O5/c13-8-2-1-6(5-7(8)11(17)18)15-10(16)4-3-9(14)12(19)20/h1-2,5,9H,3-4,14H2,(H,15,16)(H,17,18)(H,19,20). The van der Waals surface area contributed by atoms with Gasteiger partial charge in [0, 0.05) is 12.1 Å². The van der Waals surface area contributed by atoms with Gasteiger partial charge < -0.3 is 21.3 Å². The van der Waals surface area contributed by atoms with Crippen molar-refractivity contribution in [2.75, 3.05) is 5.32 Å². The predicted molar refractivity (Wildman–Crippen MR) is 71.9 cm³/mol. The molecule has 108 valence electrons. The first-order chi connectivity index (χ1) is 9.31. The van der Waals surface area contributed by atoms with Gasteiger partial charge >= 0.3 is 11.9 Å². The lowest BCUT2D eigenvalue weighted by Crippen LogP contribution is -2.31. The van der Waals surface area contributed by atoms with Gasteiger partial charge in [-0.25, -0.2) is 4.79 Å². The highest BCUT2D eigenvalue weighted by molar-refractivity contribution is 6.33. The maximum absolute atomic E-state index is 11.6. The number of carbonyl (C=O) groups is 3. The maximum atomic E-state index is 11.6. The fraction of sp³-hybridized carbons (Fsp3) is 0.250. The molecule has 1 atom stereocenters. The van der Waals surface area contributed by atoms with Gasteiger partial charge in [-0.1, -0.05) is 11.6 Å². The maximum Gasteiger partial charge on any atom is 0.337 e. The largest absolute Gasteiger partial charge is 0.480 e. The van der Waals surface area contributed by atoms with Crippen molar-refractivity contribution in [2.45, 2.75) is 18.9 Å². The number of benzene rings is 1. The average molecular weight is 301 g/mol. The quantitative estimate of drug-likeness (QED) is 0.624. The van der Waals surface area contributed by atoms with Crippen molar-refractivity contribution in [3.63, 3.8) is 0 Å². The van der Waals surface area contributed by atoms with Crippen molar-refractivity contribution < 1.29 is 24.6 Å². The van der Waals surface area contributed by atoms with E-state index in [1.165, 1.54) is 18.2 Å². The van der Waals surface area contributed by atoms with E-state index in [1.54, 1.807) is 0 Å². The third-order valence-corrected chi connectivity index (χ3v) is 2.81. The molecule has 0 aliphatic heterocycles. The molecule has 20 heavy (non-hydrogen) atoms. The molecule has 0 fully saturated rings. The summed E-state index contributed by atoms with van der Waals surface area (Å²) < 4.78 is 0. The summed E-state index contributed by atoms with van der Waals surface area (Å²) in [5.74, 6) is -2.85. The van der Waals surface area contributed by atoms with Crippen LogP contribution in [0.4, 0.5) is 5.69 Å². The SMILES string of the molecule is NC(CCC(=O)Nc1ccc(Cl)c(C(=O)O)c1)C(=O)O. The van der Waals surface area contributed by atoms with Crippen LogP contribution < -0.4 is 11.1 Å². The number of hydrogen-bond donors (Lipinski definition) is 4. The number of hydrogen-bond acceptors (Lipinski definition) is 4. The number of aliphatic carboxylic acids is 1. The molecule has 1 amide bonds. The zero-order valence-corrected chi connectivity index (χ0v) is 11.1. The summed E-state index contributed by atoms with van der Waals surface area (Å²) in [5.41, 5.74) is 5.40. The third kappa shape index (κ3) is 4.52. The molecule has 0 spiro atoms. The molecule has 0 aliphatic carbocycles. The van der Waals surface area contributed by atoms with E-state index in [4.69, 9.17) is 27.5 Å². The van der Waals surface area contributed by atoms with Crippen LogP contribution in [0.25, 0.3) is 0 Å². The van der Waals surface area contributed by atoms with Crippen LogP contribution in [0.3, 0.4) is 0 Å². The second kappa shape index (κ2) is 6.88. The van der Waals surface area contributed by atoms with E-state index in [-0.39, 0.29) is 29.1 Å². The van der Waals surface area contributed by atoms with Gasteiger partial charge in [-0.05, 0) is 24.6 Å². The van der Waals surface area contributed by atoms with Crippen LogP contribution in [-0.2, 0) is 9.59 Å². The van der Waals surface area contributed by atoms with Gasteiger partial charge in [0.25, 0.3) is 0 Å². The van der Waals surface area contributed by atoms with Crippen LogP contribution in [0.15, 0.2) is 18.2 Å². The minimum absolute atomic E-state index is 0.0133. The molecule has 0 aliphatic rings. The molecular weight excluding hydrogens is 288 g/mol. The Bertz CT molecular complexity index is 547. The highest BCUT2D eigenvalue weighted by Crippen LogP contribution is 2.20. The zero-order valence-electron chi connectivity index (χ0n) is 10.3. The third-order valence-electron chi connectivity index (χ3n) is 2.48. The Hall–Kier alpha value is -2.12. The van der Waals surface area contributed by atoms with Crippen molar-refractivity contribution in [2.24, 2.45) is 5.73 Å². The molecule has 7 nitrogen and oxygen atoms in total. The first-order valence-electron chi connectivity index (χ1n) is 5.62. The summed E-state index contributed by atoms with van der Waals surface area (Å²) in [7, 11) is 0. The Labute approximate surface area is 119 Å². The molecular formula is C12H13ClN2O5. The fourth-order valence-corrected chi connectivity index (χ4v) is 1.60. The molecule has 0 heterocycles. The first-order valence-corrected chi connectivity index (χ1v) is 6.00. The molecule has 0 radical (unpaired) electrons. The number of rotatable bonds is 6. The minimum Gasteiger partial charge on any atom is -0.480 e. The van der Waals surface area contributed by atoms with Crippen molar-refractivity contribution in [1.82, 2.24) is 0 Å². The van der Waals surface area contributed by atoms with Crippen molar-refractivity contribution in [3.8, 4) is 0 Å².